The van der Waals surface area contributed by atoms with E-state index in [0.29, 0.717) is 19.2 Å². The quantitative estimate of drug-likeness (QED) is 0.497. The molecule has 0 amide bonds. The van der Waals surface area contributed by atoms with E-state index in [0.717, 1.165) is 19.0 Å². The molecule has 1 unspecified atom stereocenters. The molecule has 5 nitrogen and oxygen atoms in total. The van der Waals surface area contributed by atoms with E-state index in [1.807, 2.05) is 11.3 Å². The SMILES string of the molecule is CCNC(=NCc1cccc(COC)c1)NCC(c1cccs1)N1CCCC1. The van der Waals surface area contributed by atoms with E-state index in [9.17, 15) is 0 Å². The van der Waals surface area contributed by atoms with Crippen LogP contribution in [0, 0.1) is 0 Å². The van der Waals surface area contributed by atoms with Gasteiger partial charge in [0.15, 0.2) is 5.96 Å². The Morgan fingerprint density at radius 2 is 2.00 bits per heavy atom. The Morgan fingerprint density at radius 3 is 2.71 bits per heavy atom. The number of rotatable bonds is 9. The van der Waals surface area contributed by atoms with Crippen LogP contribution in [-0.2, 0) is 17.9 Å². The third-order valence-corrected chi connectivity index (χ3v) is 5.96. The van der Waals surface area contributed by atoms with Crippen molar-refractivity contribution in [2.75, 3.05) is 33.3 Å². The number of nitrogens with one attached hydrogen (secondary N) is 2. The molecule has 0 aliphatic carbocycles. The van der Waals surface area contributed by atoms with E-state index < -0.39 is 0 Å². The number of guanidine groups is 1. The van der Waals surface area contributed by atoms with E-state index in [1.54, 1.807) is 7.11 Å². The lowest BCUT2D eigenvalue weighted by molar-refractivity contribution is 0.185. The fraction of sp³-hybridized carbons (Fsp3) is 0.500. The molecule has 6 heteroatoms. The minimum Gasteiger partial charge on any atom is -0.380 e. The summed E-state index contributed by atoms with van der Waals surface area (Å²) in [6.45, 7) is 7.48. The van der Waals surface area contributed by atoms with Crippen molar-refractivity contribution in [1.82, 2.24) is 15.5 Å². The number of benzene rings is 1. The van der Waals surface area contributed by atoms with E-state index in [2.05, 4.69) is 64.2 Å². The molecule has 0 radical (unpaired) electrons. The third kappa shape index (κ3) is 6.06. The molecular formula is C22H32N4OS. The van der Waals surface area contributed by atoms with Crippen LogP contribution < -0.4 is 10.6 Å². The summed E-state index contributed by atoms with van der Waals surface area (Å²) in [4.78, 5) is 8.83. The van der Waals surface area contributed by atoms with E-state index in [-0.39, 0.29) is 0 Å². The van der Waals surface area contributed by atoms with Crippen molar-refractivity contribution in [2.45, 2.75) is 39.0 Å². The standard InChI is InChI=1S/C22H32N4OS/c1-3-23-22(24-15-18-8-6-9-19(14-18)17-27-2)25-16-20(21-10-7-13-28-21)26-11-4-5-12-26/h6-10,13-14,20H,3-5,11-12,15-17H2,1-2H3,(H2,23,24,25). The summed E-state index contributed by atoms with van der Waals surface area (Å²) < 4.78 is 5.23. The van der Waals surface area contributed by atoms with Gasteiger partial charge >= 0.3 is 0 Å². The van der Waals surface area contributed by atoms with Crippen molar-refractivity contribution in [2.24, 2.45) is 4.99 Å². The number of hydrogen-bond acceptors (Lipinski definition) is 4. The number of methoxy groups -OCH3 is 1. The topological polar surface area (TPSA) is 48.9 Å². The lowest BCUT2D eigenvalue weighted by Crippen LogP contribution is -2.42. The first kappa shape index (κ1) is 20.8. The molecular weight excluding hydrogens is 368 g/mol. The summed E-state index contributed by atoms with van der Waals surface area (Å²) in [6.07, 6.45) is 2.60. The molecule has 1 saturated heterocycles. The number of hydrogen-bond donors (Lipinski definition) is 2. The molecule has 1 fully saturated rings. The first-order chi connectivity index (χ1) is 13.8. The average molecular weight is 401 g/mol. The van der Waals surface area contributed by atoms with E-state index in [4.69, 9.17) is 9.73 Å². The number of ether oxygens (including phenoxy) is 1. The molecule has 1 aromatic heterocycles. The van der Waals surface area contributed by atoms with Gasteiger partial charge in [0, 0.05) is 25.1 Å². The fourth-order valence-electron chi connectivity index (χ4n) is 3.63. The van der Waals surface area contributed by atoms with Crippen molar-refractivity contribution in [1.29, 1.82) is 0 Å². The molecule has 2 heterocycles. The summed E-state index contributed by atoms with van der Waals surface area (Å²) in [7, 11) is 1.72. The minimum absolute atomic E-state index is 0.413. The van der Waals surface area contributed by atoms with Crippen molar-refractivity contribution in [3.05, 3.63) is 57.8 Å². The highest BCUT2D eigenvalue weighted by Crippen LogP contribution is 2.27. The average Bonchev–Trinajstić information content (AvgIpc) is 3.41. The van der Waals surface area contributed by atoms with Crippen LogP contribution in [0.4, 0.5) is 0 Å². The number of nitrogens with zero attached hydrogens (tertiary/aromatic N) is 2. The third-order valence-electron chi connectivity index (χ3n) is 4.98. The van der Waals surface area contributed by atoms with Gasteiger partial charge < -0.3 is 15.4 Å². The molecule has 3 rings (SSSR count). The summed E-state index contributed by atoms with van der Waals surface area (Å²) >= 11 is 1.85. The minimum atomic E-state index is 0.413. The summed E-state index contributed by atoms with van der Waals surface area (Å²) in [5, 5.41) is 9.13. The van der Waals surface area contributed by atoms with Crippen LogP contribution in [0.5, 0.6) is 0 Å². The van der Waals surface area contributed by atoms with Crippen LogP contribution in [-0.4, -0.2) is 44.1 Å². The van der Waals surface area contributed by atoms with Crippen LogP contribution in [0.25, 0.3) is 0 Å². The van der Waals surface area contributed by atoms with Crippen LogP contribution in [0.2, 0.25) is 0 Å². The van der Waals surface area contributed by atoms with Crippen molar-refractivity contribution >= 4 is 17.3 Å². The second-order valence-corrected chi connectivity index (χ2v) is 8.08. The summed E-state index contributed by atoms with van der Waals surface area (Å²) in [6, 6.07) is 13.2. The molecule has 1 atom stereocenters. The fourth-order valence-corrected chi connectivity index (χ4v) is 4.49. The predicted octanol–water partition coefficient (Wildman–Crippen LogP) is 3.79. The first-order valence-corrected chi connectivity index (χ1v) is 11.0. The van der Waals surface area contributed by atoms with Gasteiger partial charge in [-0.05, 0) is 55.4 Å². The Morgan fingerprint density at radius 1 is 1.18 bits per heavy atom. The van der Waals surface area contributed by atoms with Gasteiger partial charge in [-0.1, -0.05) is 30.3 Å². The van der Waals surface area contributed by atoms with Gasteiger partial charge in [0.1, 0.15) is 0 Å². The number of thiophene rings is 1. The van der Waals surface area contributed by atoms with Gasteiger partial charge in [0.25, 0.3) is 0 Å². The zero-order chi connectivity index (χ0) is 19.6. The van der Waals surface area contributed by atoms with Crippen LogP contribution in [0.1, 0.15) is 41.8 Å². The van der Waals surface area contributed by atoms with Gasteiger partial charge in [-0.25, -0.2) is 4.99 Å². The lowest BCUT2D eigenvalue weighted by Gasteiger charge is -2.27. The van der Waals surface area contributed by atoms with E-state index >= 15 is 0 Å². The Labute approximate surface area is 172 Å². The molecule has 2 N–H and O–H groups in total. The Bertz CT molecular complexity index is 726. The zero-order valence-corrected chi connectivity index (χ0v) is 17.8. The molecule has 1 aromatic carbocycles. The molecule has 0 bridgehead atoms. The molecule has 2 aromatic rings. The highest BCUT2D eigenvalue weighted by molar-refractivity contribution is 7.10. The normalized spacial score (nSPS) is 16.3. The van der Waals surface area contributed by atoms with Crippen LogP contribution >= 0.6 is 11.3 Å². The second kappa shape index (κ2) is 11.2. The Balaban J connectivity index is 1.64. The predicted molar refractivity (Wildman–Crippen MR) is 118 cm³/mol. The molecule has 1 aliphatic heterocycles. The number of aliphatic imine (C=N–C) groups is 1. The molecule has 28 heavy (non-hydrogen) atoms. The Hall–Kier alpha value is -1.89. The monoisotopic (exact) mass is 400 g/mol. The smallest absolute Gasteiger partial charge is 0.191 e. The first-order valence-electron chi connectivity index (χ1n) is 10.2. The van der Waals surface area contributed by atoms with E-state index in [1.165, 1.54) is 41.9 Å². The lowest BCUT2D eigenvalue weighted by atomic mass is 10.1. The molecule has 0 spiro atoms. The van der Waals surface area contributed by atoms with Gasteiger partial charge in [-0.15, -0.1) is 11.3 Å². The maximum atomic E-state index is 5.23. The van der Waals surface area contributed by atoms with Crippen molar-refractivity contribution in [3.8, 4) is 0 Å². The van der Waals surface area contributed by atoms with Crippen molar-refractivity contribution < 1.29 is 4.74 Å². The summed E-state index contributed by atoms with van der Waals surface area (Å²) in [5.41, 5.74) is 2.38. The molecule has 0 saturated carbocycles. The zero-order valence-electron chi connectivity index (χ0n) is 17.0. The van der Waals surface area contributed by atoms with Crippen molar-refractivity contribution in [3.63, 3.8) is 0 Å². The number of likely N-dealkylation sites (tertiary alicyclic amines) is 1. The van der Waals surface area contributed by atoms with Gasteiger partial charge in [-0.2, -0.15) is 0 Å². The van der Waals surface area contributed by atoms with Gasteiger partial charge in [0.05, 0.1) is 19.2 Å². The Kier molecular flexibility index (Phi) is 8.33. The van der Waals surface area contributed by atoms with Crippen LogP contribution in [0.3, 0.4) is 0 Å². The molecule has 1 aliphatic rings. The van der Waals surface area contributed by atoms with Crippen LogP contribution in [0.15, 0.2) is 46.8 Å². The van der Waals surface area contributed by atoms with Gasteiger partial charge in [0.2, 0.25) is 0 Å². The largest absolute Gasteiger partial charge is 0.380 e. The molecule has 152 valence electrons. The van der Waals surface area contributed by atoms with Gasteiger partial charge in [-0.3, -0.25) is 4.90 Å². The maximum Gasteiger partial charge on any atom is 0.191 e. The highest BCUT2D eigenvalue weighted by atomic mass is 32.1. The highest BCUT2D eigenvalue weighted by Gasteiger charge is 2.24. The second-order valence-electron chi connectivity index (χ2n) is 7.10. The maximum absolute atomic E-state index is 5.23. The summed E-state index contributed by atoms with van der Waals surface area (Å²) in [5.74, 6) is 0.875.